The number of hydrogen-bond donors (Lipinski definition) is 1. The molecule has 2 heterocycles. The van der Waals surface area contributed by atoms with Gasteiger partial charge >= 0.3 is 0 Å². The molecule has 0 radical (unpaired) electrons. The van der Waals surface area contributed by atoms with Gasteiger partial charge in [0, 0.05) is 38.7 Å². The zero-order chi connectivity index (χ0) is 19.8. The summed E-state index contributed by atoms with van der Waals surface area (Å²) in [4.78, 5) is 19.5. The molecule has 0 saturated carbocycles. The average molecular weight is 377 g/mol. The van der Waals surface area contributed by atoms with E-state index >= 15 is 0 Å². The maximum absolute atomic E-state index is 5.14. The lowest BCUT2D eigenvalue weighted by atomic mass is 10.2. The topological polar surface area (TPSA) is 88.4 Å². The van der Waals surface area contributed by atoms with Crippen molar-refractivity contribution in [1.82, 2.24) is 19.9 Å². The normalized spacial score (nSPS) is 11.0. The highest BCUT2D eigenvalue weighted by Gasteiger charge is 2.11. The number of anilines is 2. The first-order valence-electron chi connectivity index (χ1n) is 8.88. The fraction of sp³-hybridized carbons (Fsp3) is 0.250. The Kier molecular flexibility index (Phi) is 6.59. The highest BCUT2D eigenvalue weighted by molar-refractivity contribution is 5.80. The van der Waals surface area contributed by atoms with Crippen molar-refractivity contribution in [2.75, 3.05) is 37.6 Å². The second-order valence-corrected chi connectivity index (χ2v) is 6.22. The number of methoxy groups -OCH3 is 1. The Morgan fingerprint density at radius 3 is 2.71 bits per heavy atom. The third-order valence-corrected chi connectivity index (χ3v) is 3.95. The Hall–Kier alpha value is -3.39. The Morgan fingerprint density at radius 1 is 1.14 bits per heavy atom. The third-order valence-electron chi connectivity index (χ3n) is 3.95. The molecule has 8 nitrogen and oxygen atoms in total. The van der Waals surface area contributed by atoms with Gasteiger partial charge in [-0.1, -0.05) is 29.8 Å². The van der Waals surface area contributed by atoms with Crippen molar-refractivity contribution in [3.05, 3.63) is 59.9 Å². The zero-order valence-electron chi connectivity index (χ0n) is 16.2. The number of benzene rings is 1. The van der Waals surface area contributed by atoms with Gasteiger partial charge in [-0.25, -0.2) is 5.43 Å². The lowest BCUT2D eigenvalue weighted by molar-refractivity contribution is 0.206. The van der Waals surface area contributed by atoms with Crippen molar-refractivity contribution in [2.24, 2.45) is 5.10 Å². The SMILES string of the molecule is COCCN(C)c1nc(N/N=C/c2cccc(C)c2)nc(-c2ccncc2)n1. The zero-order valence-corrected chi connectivity index (χ0v) is 16.2. The lowest BCUT2D eigenvalue weighted by Crippen LogP contribution is -2.25. The molecule has 0 spiro atoms. The number of aryl methyl sites for hydroxylation is 1. The van der Waals surface area contributed by atoms with Gasteiger partial charge in [-0.3, -0.25) is 4.98 Å². The van der Waals surface area contributed by atoms with E-state index in [9.17, 15) is 0 Å². The number of pyridine rings is 1. The van der Waals surface area contributed by atoms with Crippen LogP contribution < -0.4 is 10.3 Å². The molecule has 3 rings (SSSR count). The molecule has 2 aromatic heterocycles. The number of ether oxygens (including phenoxy) is 1. The molecular formula is C20H23N7O. The van der Waals surface area contributed by atoms with E-state index in [1.165, 1.54) is 5.56 Å². The van der Waals surface area contributed by atoms with E-state index in [-0.39, 0.29) is 0 Å². The van der Waals surface area contributed by atoms with Crippen LogP contribution >= 0.6 is 0 Å². The maximum atomic E-state index is 5.14. The van der Waals surface area contributed by atoms with Gasteiger partial charge in [0.1, 0.15) is 0 Å². The first-order valence-corrected chi connectivity index (χ1v) is 8.88. The molecule has 0 aliphatic rings. The number of nitrogens with one attached hydrogen (secondary N) is 1. The van der Waals surface area contributed by atoms with Crippen LogP contribution in [0.1, 0.15) is 11.1 Å². The summed E-state index contributed by atoms with van der Waals surface area (Å²) >= 11 is 0. The fourth-order valence-electron chi connectivity index (χ4n) is 2.46. The van der Waals surface area contributed by atoms with Gasteiger partial charge in [-0.15, -0.1) is 0 Å². The second kappa shape index (κ2) is 9.52. The van der Waals surface area contributed by atoms with Gasteiger partial charge < -0.3 is 9.64 Å². The lowest BCUT2D eigenvalue weighted by Gasteiger charge is -2.17. The summed E-state index contributed by atoms with van der Waals surface area (Å²) in [6.07, 6.45) is 5.14. The summed E-state index contributed by atoms with van der Waals surface area (Å²) in [5.41, 5.74) is 5.93. The van der Waals surface area contributed by atoms with E-state index in [4.69, 9.17) is 4.74 Å². The van der Waals surface area contributed by atoms with Gasteiger partial charge in [0.05, 0.1) is 12.8 Å². The number of nitrogens with zero attached hydrogens (tertiary/aromatic N) is 6. The van der Waals surface area contributed by atoms with E-state index in [1.807, 2.05) is 55.3 Å². The maximum Gasteiger partial charge on any atom is 0.248 e. The molecule has 8 heteroatoms. The van der Waals surface area contributed by atoms with Crippen molar-refractivity contribution >= 4 is 18.1 Å². The summed E-state index contributed by atoms with van der Waals surface area (Å²) in [7, 11) is 3.57. The van der Waals surface area contributed by atoms with Crippen molar-refractivity contribution in [3.8, 4) is 11.4 Å². The minimum Gasteiger partial charge on any atom is -0.383 e. The molecule has 0 aliphatic carbocycles. The largest absolute Gasteiger partial charge is 0.383 e. The predicted octanol–water partition coefficient (Wildman–Crippen LogP) is 2.77. The van der Waals surface area contributed by atoms with Gasteiger partial charge in [0.2, 0.25) is 11.9 Å². The molecule has 0 aliphatic heterocycles. The summed E-state index contributed by atoms with van der Waals surface area (Å²) < 4.78 is 5.14. The Morgan fingerprint density at radius 2 is 1.96 bits per heavy atom. The monoisotopic (exact) mass is 377 g/mol. The summed E-state index contributed by atoms with van der Waals surface area (Å²) in [6.45, 7) is 3.27. The van der Waals surface area contributed by atoms with E-state index in [0.717, 1.165) is 11.1 Å². The number of rotatable bonds is 8. The van der Waals surface area contributed by atoms with E-state index in [0.29, 0.717) is 30.9 Å². The van der Waals surface area contributed by atoms with E-state index in [2.05, 4.69) is 30.5 Å². The van der Waals surface area contributed by atoms with Crippen LogP contribution in [0.2, 0.25) is 0 Å². The first-order chi connectivity index (χ1) is 13.7. The van der Waals surface area contributed by atoms with Gasteiger partial charge in [-0.2, -0.15) is 20.1 Å². The smallest absolute Gasteiger partial charge is 0.248 e. The minimum atomic E-state index is 0.366. The summed E-state index contributed by atoms with van der Waals surface area (Å²) in [6, 6.07) is 11.8. The molecule has 0 unspecified atom stereocenters. The molecule has 1 aromatic carbocycles. The highest BCUT2D eigenvalue weighted by Crippen LogP contribution is 2.18. The molecule has 0 fully saturated rings. The molecular weight excluding hydrogens is 354 g/mol. The van der Waals surface area contributed by atoms with Gasteiger partial charge in [-0.05, 0) is 24.6 Å². The molecule has 0 saturated heterocycles. The highest BCUT2D eigenvalue weighted by atomic mass is 16.5. The van der Waals surface area contributed by atoms with Crippen LogP contribution in [0.5, 0.6) is 0 Å². The molecule has 144 valence electrons. The standard InChI is InChI=1S/C20H23N7O/c1-15-5-4-6-16(13-15)14-22-26-19-23-18(17-7-9-21-10-8-17)24-20(25-19)27(2)11-12-28-3/h4-10,13-14H,11-12H2,1-3H3,(H,23,24,25,26)/b22-14+. The molecule has 1 N–H and O–H groups in total. The summed E-state index contributed by atoms with van der Waals surface area (Å²) in [5, 5.41) is 4.27. The van der Waals surface area contributed by atoms with E-state index in [1.54, 1.807) is 25.7 Å². The average Bonchev–Trinajstić information content (AvgIpc) is 2.72. The van der Waals surface area contributed by atoms with Gasteiger partial charge in [0.25, 0.3) is 0 Å². The predicted molar refractivity (Wildman–Crippen MR) is 111 cm³/mol. The molecule has 0 bridgehead atoms. The van der Waals surface area contributed by atoms with Crippen LogP contribution in [0.25, 0.3) is 11.4 Å². The number of likely N-dealkylation sites (N-methyl/N-ethyl adjacent to an activating group) is 1. The second-order valence-electron chi connectivity index (χ2n) is 6.22. The number of aromatic nitrogens is 4. The van der Waals surface area contributed by atoms with Crippen molar-refractivity contribution in [2.45, 2.75) is 6.92 Å². The molecule has 3 aromatic rings. The van der Waals surface area contributed by atoms with Crippen LogP contribution in [0.4, 0.5) is 11.9 Å². The van der Waals surface area contributed by atoms with Crippen molar-refractivity contribution < 1.29 is 4.74 Å². The Balaban J connectivity index is 1.86. The van der Waals surface area contributed by atoms with Crippen LogP contribution in [0.15, 0.2) is 53.9 Å². The Labute approximate surface area is 164 Å². The number of hydrazone groups is 1. The minimum absolute atomic E-state index is 0.366. The third kappa shape index (κ3) is 5.31. The Bertz CT molecular complexity index is 931. The quantitative estimate of drug-likeness (QED) is 0.477. The fourth-order valence-corrected chi connectivity index (χ4v) is 2.46. The van der Waals surface area contributed by atoms with Crippen molar-refractivity contribution in [3.63, 3.8) is 0 Å². The van der Waals surface area contributed by atoms with Crippen LogP contribution in [-0.4, -0.2) is 53.5 Å². The van der Waals surface area contributed by atoms with E-state index < -0.39 is 0 Å². The van der Waals surface area contributed by atoms with Crippen molar-refractivity contribution in [1.29, 1.82) is 0 Å². The van der Waals surface area contributed by atoms with Crippen LogP contribution in [0, 0.1) is 6.92 Å². The van der Waals surface area contributed by atoms with Crippen LogP contribution in [0.3, 0.4) is 0 Å². The number of hydrogen-bond acceptors (Lipinski definition) is 8. The first kappa shape index (κ1) is 19.4. The summed E-state index contributed by atoms with van der Waals surface area (Å²) in [5.74, 6) is 1.45. The molecule has 0 atom stereocenters. The molecule has 28 heavy (non-hydrogen) atoms. The van der Waals surface area contributed by atoms with Crippen LogP contribution in [-0.2, 0) is 4.74 Å². The molecule has 0 amide bonds. The van der Waals surface area contributed by atoms with Gasteiger partial charge in [0.15, 0.2) is 5.82 Å².